The van der Waals surface area contributed by atoms with Crippen molar-refractivity contribution >= 4 is 17.2 Å². The maximum absolute atomic E-state index is 13.0. The average molecular weight is 387 g/mol. The van der Waals surface area contributed by atoms with Crippen LogP contribution >= 0.6 is 11.3 Å². The third kappa shape index (κ3) is 4.23. The molecule has 144 valence electrons. The van der Waals surface area contributed by atoms with Crippen molar-refractivity contribution in [3.63, 3.8) is 0 Å². The smallest absolute Gasteiger partial charge is 0.227 e. The Morgan fingerprint density at radius 1 is 1.22 bits per heavy atom. The molecule has 1 aromatic carbocycles. The van der Waals surface area contributed by atoms with Crippen LogP contribution in [0, 0.1) is 19.8 Å². The first kappa shape index (κ1) is 18.6. The summed E-state index contributed by atoms with van der Waals surface area (Å²) in [6, 6.07) is 8.35. The lowest BCUT2D eigenvalue weighted by atomic mass is 9.97. The van der Waals surface area contributed by atoms with E-state index >= 15 is 0 Å². The number of ether oxygens (including phenoxy) is 2. The first-order valence-corrected chi connectivity index (χ1v) is 10.5. The standard InChI is InChI=1S/C21H26N2O3S/c1-14-5-7-16(8-6-14)20-18(27-15(2)22-20)12-19(24)23-9-3-4-17(13-23)21-25-10-11-26-21/h5-8,17,21H,3-4,9-13H2,1-2H3. The number of aryl methyl sites for hydroxylation is 2. The van der Waals surface area contributed by atoms with Gasteiger partial charge in [-0.1, -0.05) is 29.8 Å². The van der Waals surface area contributed by atoms with Gasteiger partial charge in [0.1, 0.15) is 0 Å². The molecule has 3 heterocycles. The largest absolute Gasteiger partial charge is 0.350 e. The van der Waals surface area contributed by atoms with Crippen molar-refractivity contribution < 1.29 is 14.3 Å². The average Bonchev–Trinajstić information content (AvgIpc) is 3.33. The predicted molar refractivity (Wildman–Crippen MR) is 106 cm³/mol. The zero-order chi connectivity index (χ0) is 18.8. The van der Waals surface area contributed by atoms with Gasteiger partial charge in [-0.3, -0.25) is 4.79 Å². The Balaban J connectivity index is 1.47. The Morgan fingerprint density at radius 2 is 1.96 bits per heavy atom. The number of piperidine rings is 1. The van der Waals surface area contributed by atoms with E-state index in [1.165, 1.54) is 5.56 Å². The molecule has 1 atom stereocenters. The number of amides is 1. The van der Waals surface area contributed by atoms with Crippen LogP contribution in [0.4, 0.5) is 0 Å². The second-order valence-corrected chi connectivity index (χ2v) is 8.69. The number of benzene rings is 1. The van der Waals surface area contributed by atoms with Crippen LogP contribution in [0.5, 0.6) is 0 Å². The van der Waals surface area contributed by atoms with Crippen LogP contribution in [0.2, 0.25) is 0 Å². The Kier molecular flexibility index (Phi) is 5.57. The minimum absolute atomic E-state index is 0.144. The van der Waals surface area contributed by atoms with Gasteiger partial charge in [-0.2, -0.15) is 0 Å². The van der Waals surface area contributed by atoms with E-state index in [-0.39, 0.29) is 18.1 Å². The minimum atomic E-state index is -0.144. The molecule has 0 saturated carbocycles. The zero-order valence-electron chi connectivity index (χ0n) is 15.9. The summed E-state index contributed by atoms with van der Waals surface area (Å²) in [5, 5.41) is 0.998. The summed E-state index contributed by atoms with van der Waals surface area (Å²) in [6.45, 7) is 6.94. The van der Waals surface area contributed by atoms with E-state index in [4.69, 9.17) is 14.5 Å². The highest BCUT2D eigenvalue weighted by Gasteiger charge is 2.33. The van der Waals surface area contributed by atoms with E-state index in [2.05, 4.69) is 31.2 Å². The highest BCUT2D eigenvalue weighted by Crippen LogP contribution is 2.30. The molecule has 2 aromatic rings. The van der Waals surface area contributed by atoms with E-state index in [0.29, 0.717) is 19.6 Å². The summed E-state index contributed by atoms with van der Waals surface area (Å²) in [5.74, 6) is 0.458. The number of rotatable bonds is 4. The first-order chi connectivity index (χ1) is 13.1. The molecule has 1 amide bonds. The number of nitrogens with zero attached hydrogens (tertiary/aromatic N) is 2. The Hall–Kier alpha value is -1.76. The van der Waals surface area contributed by atoms with Gasteiger partial charge in [0, 0.05) is 29.4 Å². The molecule has 2 aliphatic heterocycles. The molecule has 2 aliphatic rings. The first-order valence-electron chi connectivity index (χ1n) is 9.64. The lowest BCUT2D eigenvalue weighted by Gasteiger charge is -2.34. The summed E-state index contributed by atoms with van der Waals surface area (Å²) in [4.78, 5) is 20.7. The molecule has 5 nitrogen and oxygen atoms in total. The molecule has 0 aliphatic carbocycles. The third-order valence-electron chi connectivity index (χ3n) is 5.28. The number of hydrogen-bond donors (Lipinski definition) is 0. The van der Waals surface area contributed by atoms with E-state index in [9.17, 15) is 4.79 Å². The number of carbonyl (C=O) groups excluding carboxylic acids is 1. The van der Waals surface area contributed by atoms with Crippen molar-refractivity contribution in [3.05, 3.63) is 39.7 Å². The van der Waals surface area contributed by atoms with Gasteiger partial charge >= 0.3 is 0 Å². The molecule has 6 heteroatoms. The van der Waals surface area contributed by atoms with Crippen LogP contribution in [0.3, 0.4) is 0 Å². The summed E-state index contributed by atoms with van der Waals surface area (Å²) in [7, 11) is 0. The van der Waals surface area contributed by atoms with Gasteiger partial charge in [0.25, 0.3) is 0 Å². The molecular formula is C21H26N2O3S. The monoisotopic (exact) mass is 386 g/mol. The van der Waals surface area contributed by atoms with Gasteiger partial charge in [-0.25, -0.2) is 4.98 Å². The zero-order valence-corrected chi connectivity index (χ0v) is 16.8. The molecule has 1 unspecified atom stereocenters. The fraction of sp³-hybridized carbons (Fsp3) is 0.524. The Labute approximate surface area is 164 Å². The molecule has 0 N–H and O–H groups in total. The van der Waals surface area contributed by atoms with Crippen molar-refractivity contribution in [2.75, 3.05) is 26.3 Å². The molecule has 2 fully saturated rings. The number of hydrogen-bond acceptors (Lipinski definition) is 5. The SMILES string of the molecule is Cc1ccc(-c2nc(C)sc2CC(=O)N2CCCC(C3OCCO3)C2)cc1. The lowest BCUT2D eigenvalue weighted by molar-refractivity contribution is -0.138. The van der Waals surface area contributed by atoms with Crippen molar-refractivity contribution in [1.29, 1.82) is 0 Å². The second kappa shape index (κ2) is 8.09. The topological polar surface area (TPSA) is 51.7 Å². The summed E-state index contributed by atoms with van der Waals surface area (Å²) in [5.41, 5.74) is 3.25. The number of carbonyl (C=O) groups is 1. The lowest BCUT2D eigenvalue weighted by Crippen LogP contribution is -2.44. The van der Waals surface area contributed by atoms with Gasteiger partial charge < -0.3 is 14.4 Å². The molecule has 4 rings (SSSR count). The predicted octanol–water partition coefficient (Wildman–Crippen LogP) is 3.58. The van der Waals surface area contributed by atoms with Crippen molar-refractivity contribution in [2.24, 2.45) is 5.92 Å². The van der Waals surface area contributed by atoms with Gasteiger partial charge in [0.05, 0.1) is 30.3 Å². The maximum atomic E-state index is 13.0. The maximum Gasteiger partial charge on any atom is 0.227 e. The van der Waals surface area contributed by atoms with E-state index in [1.807, 2.05) is 11.8 Å². The van der Waals surface area contributed by atoms with E-state index < -0.39 is 0 Å². The highest BCUT2D eigenvalue weighted by atomic mass is 32.1. The van der Waals surface area contributed by atoms with Gasteiger partial charge in [-0.05, 0) is 26.7 Å². The normalized spacial score (nSPS) is 21.0. The molecule has 27 heavy (non-hydrogen) atoms. The van der Waals surface area contributed by atoms with Crippen LogP contribution in [0.25, 0.3) is 11.3 Å². The van der Waals surface area contributed by atoms with Crippen LogP contribution in [0.1, 0.15) is 28.3 Å². The molecular weight excluding hydrogens is 360 g/mol. The van der Waals surface area contributed by atoms with E-state index in [1.54, 1.807) is 11.3 Å². The van der Waals surface area contributed by atoms with Crippen molar-refractivity contribution in [2.45, 2.75) is 39.4 Å². The fourth-order valence-electron chi connectivity index (χ4n) is 3.88. The van der Waals surface area contributed by atoms with Gasteiger partial charge in [-0.15, -0.1) is 11.3 Å². The third-order valence-corrected chi connectivity index (χ3v) is 6.25. The van der Waals surface area contributed by atoms with Crippen LogP contribution in [-0.4, -0.2) is 48.4 Å². The Morgan fingerprint density at radius 3 is 2.70 bits per heavy atom. The van der Waals surface area contributed by atoms with Crippen LogP contribution < -0.4 is 0 Å². The highest BCUT2D eigenvalue weighted by molar-refractivity contribution is 7.12. The number of aromatic nitrogens is 1. The number of thiazole rings is 1. The molecule has 0 bridgehead atoms. The minimum Gasteiger partial charge on any atom is -0.350 e. The van der Waals surface area contributed by atoms with Crippen molar-refractivity contribution in [3.8, 4) is 11.3 Å². The van der Waals surface area contributed by atoms with Gasteiger partial charge in [0.15, 0.2) is 6.29 Å². The summed E-state index contributed by atoms with van der Waals surface area (Å²) >= 11 is 1.62. The second-order valence-electron chi connectivity index (χ2n) is 7.40. The van der Waals surface area contributed by atoms with Gasteiger partial charge in [0.2, 0.25) is 5.91 Å². The summed E-state index contributed by atoms with van der Waals surface area (Å²) in [6.07, 6.45) is 2.33. The quantitative estimate of drug-likeness (QED) is 0.806. The summed E-state index contributed by atoms with van der Waals surface area (Å²) < 4.78 is 11.3. The van der Waals surface area contributed by atoms with Crippen LogP contribution in [0.15, 0.2) is 24.3 Å². The molecule has 0 radical (unpaired) electrons. The van der Waals surface area contributed by atoms with Crippen LogP contribution in [-0.2, 0) is 20.7 Å². The fourth-order valence-corrected chi connectivity index (χ4v) is 4.83. The molecule has 2 saturated heterocycles. The van der Waals surface area contributed by atoms with E-state index in [0.717, 1.165) is 47.1 Å². The number of likely N-dealkylation sites (tertiary alicyclic amines) is 1. The van der Waals surface area contributed by atoms with Crippen molar-refractivity contribution in [1.82, 2.24) is 9.88 Å². The Bertz CT molecular complexity index is 796. The molecule has 1 aromatic heterocycles. The molecule has 0 spiro atoms.